The van der Waals surface area contributed by atoms with Crippen molar-refractivity contribution in [3.05, 3.63) is 63.1 Å². The van der Waals surface area contributed by atoms with Crippen molar-refractivity contribution in [2.75, 3.05) is 0 Å². The van der Waals surface area contributed by atoms with Gasteiger partial charge in [0.2, 0.25) is 0 Å². The number of aryl methyl sites for hydroxylation is 2. The molecule has 1 N–H and O–H groups in total. The molecule has 1 aromatic carbocycles. The minimum absolute atomic E-state index is 0.0794. The molecule has 0 aliphatic rings. The number of aromatic nitrogens is 2. The second-order valence-corrected chi connectivity index (χ2v) is 4.52. The fraction of sp³-hybridized carbons (Fsp3) is 0.214. The Hall–Kier alpha value is -2.50. The Bertz CT molecular complexity index is 738. The average Bonchev–Trinajstić information content (AvgIpc) is 2.33. The Kier molecular flexibility index (Phi) is 3.65. The van der Waals surface area contributed by atoms with Gasteiger partial charge in [-0.2, -0.15) is 0 Å². The molecule has 104 valence electrons. The van der Waals surface area contributed by atoms with E-state index in [0.717, 1.165) is 6.07 Å². The van der Waals surface area contributed by atoms with Crippen molar-refractivity contribution in [3.8, 4) is 0 Å². The number of carbonyl (C=O) groups is 1. The smallest absolute Gasteiger partial charge is 0.335 e. The Morgan fingerprint density at radius 2 is 2.00 bits per heavy atom. The summed E-state index contributed by atoms with van der Waals surface area (Å²) in [5.74, 6) is -1.36. The zero-order valence-corrected chi connectivity index (χ0v) is 11.1. The minimum Gasteiger partial charge on any atom is -0.478 e. The monoisotopic (exact) mass is 276 g/mol. The highest BCUT2D eigenvalue weighted by Crippen LogP contribution is 2.11. The largest absolute Gasteiger partial charge is 0.478 e. The van der Waals surface area contributed by atoms with Crippen LogP contribution in [0, 0.1) is 19.7 Å². The Labute approximate surface area is 114 Å². The Morgan fingerprint density at radius 1 is 1.30 bits per heavy atom. The molecule has 0 saturated carbocycles. The SMILES string of the molecule is Cc1cc(=O)n(Cc2cc(F)cc(C(=O)O)c2)c(C)n1. The fourth-order valence-corrected chi connectivity index (χ4v) is 2.00. The molecule has 0 saturated heterocycles. The summed E-state index contributed by atoms with van der Waals surface area (Å²) in [7, 11) is 0. The van der Waals surface area contributed by atoms with E-state index in [1.807, 2.05) is 0 Å². The molecule has 0 aliphatic heterocycles. The number of aromatic carboxylic acids is 1. The summed E-state index contributed by atoms with van der Waals surface area (Å²) in [4.78, 5) is 26.9. The second kappa shape index (κ2) is 5.24. The number of rotatable bonds is 3. The van der Waals surface area contributed by atoms with Crippen LogP contribution in [0.5, 0.6) is 0 Å². The molecule has 0 spiro atoms. The Balaban J connectivity index is 2.45. The van der Waals surface area contributed by atoms with Crippen molar-refractivity contribution in [1.29, 1.82) is 0 Å². The molecule has 2 rings (SSSR count). The van der Waals surface area contributed by atoms with Crippen LogP contribution in [0.25, 0.3) is 0 Å². The van der Waals surface area contributed by atoms with Crippen LogP contribution >= 0.6 is 0 Å². The van der Waals surface area contributed by atoms with E-state index < -0.39 is 11.8 Å². The lowest BCUT2D eigenvalue weighted by Gasteiger charge is -2.10. The molecule has 2 aromatic rings. The van der Waals surface area contributed by atoms with Gasteiger partial charge in [0, 0.05) is 11.8 Å². The summed E-state index contributed by atoms with van der Waals surface area (Å²) in [5, 5.41) is 8.90. The molecule has 0 amide bonds. The number of hydrogen-bond donors (Lipinski definition) is 1. The number of nitrogens with zero attached hydrogens (tertiary/aromatic N) is 2. The number of benzene rings is 1. The highest BCUT2D eigenvalue weighted by Gasteiger charge is 2.09. The standard InChI is InChI=1S/C14H13FN2O3/c1-8-3-13(18)17(9(2)16-8)7-10-4-11(14(19)20)6-12(15)5-10/h3-6H,7H2,1-2H3,(H,19,20). The van der Waals surface area contributed by atoms with Crippen molar-refractivity contribution in [1.82, 2.24) is 9.55 Å². The van der Waals surface area contributed by atoms with Crippen LogP contribution in [0.15, 0.2) is 29.1 Å². The molecule has 0 aliphatic carbocycles. The fourth-order valence-electron chi connectivity index (χ4n) is 2.00. The second-order valence-electron chi connectivity index (χ2n) is 4.52. The molecule has 0 fully saturated rings. The van der Waals surface area contributed by atoms with Gasteiger partial charge in [0.15, 0.2) is 0 Å². The minimum atomic E-state index is -1.21. The van der Waals surface area contributed by atoms with E-state index in [0.29, 0.717) is 17.1 Å². The number of halogens is 1. The summed E-state index contributed by atoms with van der Waals surface area (Å²) in [6.07, 6.45) is 0. The maximum absolute atomic E-state index is 13.4. The van der Waals surface area contributed by atoms with E-state index in [-0.39, 0.29) is 17.7 Å². The number of carboxylic acids is 1. The molecule has 6 heteroatoms. The van der Waals surface area contributed by atoms with Crippen molar-refractivity contribution in [3.63, 3.8) is 0 Å². The van der Waals surface area contributed by atoms with E-state index in [4.69, 9.17) is 5.11 Å². The van der Waals surface area contributed by atoms with Crippen LogP contribution in [0.1, 0.15) is 27.4 Å². The lowest BCUT2D eigenvalue weighted by Crippen LogP contribution is -2.24. The summed E-state index contributed by atoms with van der Waals surface area (Å²) < 4.78 is 14.8. The molecule has 5 nitrogen and oxygen atoms in total. The molecule has 1 aromatic heterocycles. The molecular formula is C14H13FN2O3. The quantitative estimate of drug-likeness (QED) is 0.927. The third-order valence-corrected chi connectivity index (χ3v) is 2.87. The van der Waals surface area contributed by atoms with Gasteiger partial charge >= 0.3 is 5.97 Å². The molecular weight excluding hydrogens is 263 g/mol. The van der Waals surface area contributed by atoms with Crippen LogP contribution in [0.4, 0.5) is 4.39 Å². The summed E-state index contributed by atoms with van der Waals surface area (Å²) in [5.41, 5.74) is 0.606. The van der Waals surface area contributed by atoms with Crippen LogP contribution in [0.2, 0.25) is 0 Å². The van der Waals surface area contributed by atoms with Gasteiger partial charge < -0.3 is 5.11 Å². The third-order valence-electron chi connectivity index (χ3n) is 2.87. The maximum Gasteiger partial charge on any atom is 0.335 e. The van der Waals surface area contributed by atoms with Gasteiger partial charge in [0.05, 0.1) is 12.1 Å². The molecule has 0 bridgehead atoms. The predicted molar refractivity (Wildman–Crippen MR) is 70.4 cm³/mol. The van der Waals surface area contributed by atoms with Gasteiger partial charge in [0.1, 0.15) is 11.6 Å². The lowest BCUT2D eigenvalue weighted by atomic mass is 10.1. The van der Waals surface area contributed by atoms with Crippen molar-refractivity contribution >= 4 is 5.97 Å². The van der Waals surface area contributed by atoms with E-state index in [2.05, 4.69) is 4.98 Å². The molecule has 20 heavy (non-hydrogen) atoms. The molecule has 0 unspecified atom stereocenters. The van der Waals surface area contributed by atoms with E-state index in [1.165, 1.54) is 22.8 Å². The van der Waals surface area contributed by atoms with Gasteiger partial charge in [-0.1, -0.05) is 0 Å². The van der Waals surface area contributed by atoms with E-state index in [9.17, 15) is 14.0 Å². The first-order valence-corrected chi connectivity index (χ1v) is 5.94. The van der Waals surface area contributed by atoms with Gasteiger partial charge in [-0.3, -0.25) is 9.36 Å². The summed E-state index contributed by atoms with van der Waals surface area (Å²) in [6.45, 7) is 3.46. The van der Waals surface area contributed by atoms with Crippen LogP contribution < -0.4 is 5.56 Å². The van der Waals surface area contributed by atoms with E-state index in [1.54, 1.807) is 13.8 Å². The first-order valence-electron chi connectivity index (χ1n) is 5.94. The number of hydrogen-bond acceptors (Lipinski definition) is 3. The first kappa shape index (κ1) is 13.9. The zero-order chi connectivity index (χ0) is 14.9. The number of carboxylic acid groups (broad SMARTS) is 1. The average molecular weight is 276 g/mol. The van der Waals surface area contributed by atoms with Gasteiger partial charge in [-0.05, 0) is 37.6 Å². The first-order chi connectivity index (χ1) is 9.36. The topological polar surface area (TPSA) is 72.2 Å². The zero-order valence-electron chi connectivity index (χ0n) is 11.1. The maximum atomic E-state index is 13.4. The molecule has 0 atom stereocenters. The van der Waals surface area contributed by atoms with Gasteiger partial charge in [-0.15, -0.1) is 0 Å². The van der Waals surface area contributed by atoms with Crippen molar-refractivity contribution in [2.45, 2.75) is 20.4 Å². The third kappa shape index (κ3) is 2.90. The van der Waals surface area contributed by atoms with Gasteiger partial charge in [-0.25, -0.2) is 14.2 Å². The van der Waals surface area contributed by atoms with Crippen LogP contribution in [0.3, 0.4) is 0 Å². The predicted octanol–water partition coefficient (Wildman–Crippen LogP) is 1.75. The summed E-state index contributed by atoms with van der Waals surface area (Å²) in [6, 6.07) is 4.87. The van der Waals surface area contributed by atoms with Crippen molar-refractivity contribution < 1.29 is 14.3 Å². The van der Waals surface area contributed by atoms with E-state index >= 15 is 0 Å². The lowest BCUT2D eigenvalue weighted by molar-refractivity contribution is 0.0696. The van der Waals surface area contributed by atoms with Crippen LogP contribution in [-0.2, 0) is 6.54 Å². The summed E-state index contributed by atoms with van der Waals surface area (Å²) >= 11 is 0. The van der Waals surface area contributed by atoms with Crippen LogP contribution in [-0.4, -0.2) is 20.6 Å². The van der Waals surface area contributed by atoms with Crippen molar-refractivity contribution in [2.24, 2.45) is 0 Å². The highest BCUT2D eigenvalue weighted by atomic mass is 19.1. The highest BCUT2D eigenvalue weighted by molar-refractivity contribution is 5.87. The molecule has 1 heterocycles. The van der Waals surface area contributed by atoms with Gasteiger partial charge in [0.25, 0.3) is 5.56 Å². The normalized spacial score (nSPS) is 10.6. The Morgan fingerprint density at radius 3 is 2.60 bits per heavy atom. The molecule has 0 radical (unpaired) electrons.